The highest BCUT2D eigenvalue weighted by molar-refractivity contribution is 5.93. The summed E-state index contributed by atoms with van der Waals surface area (Å²) in [6.07, 6.45) is 5.21. The molecule has 1 aromatic rings. The molecule has 0 aliphatic carbocycles. The summed E-state index contributed by atoms with van der Waals surface area (Å²) in [4.78, 5) is 11.9. The van der Waals surface area contributed by atoms with Crippen molar-refractivity contribution in [1.82, 2.24) is 9.88 Å². The highest BCUT2D eigenvalue weighted by atomic mass is 16.1. The van der Waals surface area contributed by atoms with E-state index in [0.29, 0.717) is 11.4 Å². The number of carbonyl (C=O) groups is 1. The molecule has 0 saturated heterocycles. The van der Waals surface area contributed by atoms with Gasteiger partial charge in [0.05, 0.1) is 5.69 Å². The van der Waals surface area contributed by atoms with Gasteiger partial charge >= 0.3 is 0 Å². The van der Waals surface area contributed by atoms with Crippen LogP contribution in [0.5, 0.6) is 0 Å². The van der Waals surface area contributed by atoms with Gasteiger partial charge in [-0.15, -0.1) is 0 Å². The van der Waals surface area contributed by atoms with Crippen LogP contribution in [0.1, 0.15) is 50.5 Å². The van der Waals surface area contributed by atoms with Crippen molar-refractivity contribution in [3.63, 3.8) is 0 Å². The summed E-state index contributed by atoms with van der Waals surface area (Å²) in [6.45, 7) is 7.93. The fourth-order valence-electron chi connectivity index (χ4n) is 1.96. The number of carbonyl (C=O) groups excluding carboxylic acids is 1. The normalized spacial score (nSPS) is 10.9. The van der Waals surface area contributed by atoms with Crippen LogP contribution in [0.25, 0.3) is 0 Å². The molecule has 18 heavy (non-hydrogen) atoms. The molecule has 0 saturated carbocycles. The molecular formula is C14H25N3O. The number of unbranched alkanes of at least 4 members (excludes halogenated alkanes) is 1. The molecule has 0 fully saturated rings. The fraction of sp³-hybridized carbons (Fsp3) is 0.643. The zero-order chi connectivity index (χ0) is 13.5. The Kier molecular flexibility index (Phi) is 5.75. The summed E-state index contributed by atoms with van der Waals surface area (Å²) in [5, 5.41) is 2.95. The van der Waals surface area contributed by atoms with Gasteiger partial charge in [-0.05, 0) is 25.3 Å². The molecule has 3 N–H and O–H groups in total. The minimum Gasteiger partial charge on any atom is -0.397 e. The summed E-state index contributed by atoms with van der Waals surface area (Å²) in [5.41, 5.74) is 6.99. The molecule has 4 heteroatoms. The van der Waals surface area contributed by atoms with Gasteiger partial charge in [0.1, 0.15) is 5.69 Å². The second-order valence-electron chi connectivity index (χ2n) is 5.09. The molecule has 0 unspecified atom stereocenters. The highest BCUT2D eigenvalue weighted by Gasteiger charge is 2.11. The zero-order valence-corrected chi connectivity index (χ0v) is 11.7. The minimum absolute atomic E-state index is 0.0295. The first-order valence-corrected chi connectivity index (χ1v) is 6.78. The molecule has 0 aliphatic rings. The maximum absolute atomic E-state index is 11.9. The number of aryl methyl sites for hydroxylation is 1. The molecule has 1 rings (SSSR count). The third-order valence-electron chi connectivity index (χ3n) is 2.98. The molecule has 0 radical (unpaired) electrons. The number of nitrogens with zero attached hydrogens (tertiary/aromatic N) is 1. The predicted molar refractivity (Wildman–Crippen MR) is 75.5 cm³/mol. The molecule has 4 nitrogen and oxygen atoms in total. The Morgan fingerprint density at radius 3 is 2.78 bits per heavy atom. The Morgan fingerprint density at radius 2 is 2.17 bits per heavy atom. The van der Waals surface area contributed by atoms with Gasteiger partial charge in [0.2, 0.25) is 0 Å². The Labute approximate surface area is 110 Å². The zero-order valence-electron chi connectivity index (χ0n) is 11.7. The molecule has 0 aliphatic heterocycles. The van der Waals surface area contributed by atoms with Crippen LogP contribution in [-0.4, -0.2) is 17.0 Å². The van der Waals surface area contributed by atoms with Crippen LogP contribution in [0.2, 0.25) is 0 Å². The molecule has 0 aromatic carbocycles. The standard InChI is InChI=1S/C14H25N3O/c1-4-17-10-12(15)9-13(17)14(18)16-8-6-5-7-11(2)3/h9-11H,4-8,15H2,1-3H3,(H,16,18). The van der Waals surface area contributed by atoms with Crippen LogP contribution in [0.15, 0.2) is 12.3 Å². The van der Waals surface area contributed by atoms with Crippen molar-refractivity contribution in [2.75, 3.05) is 12.3 Å². The van der Waals surface area contributed by atoms with E-state index < -0.39 is 0 Å². The van der Waals surface area contributed by atoms with E-state index in [1.165, 1.54) is 6.42 Å². The Morgan fingerprint density at radius 1 is 1.44 bits per heavy atom. The summed E-state index contributed by atoms with van der Waals surface area (Å²) in [7, 11) is 0. The third-order valence-corrected chi connectivity index (χ3v) is 2.98. The van der Waals surface area contributed by atoms with Crippen molar-refractivity contribution in [2.24, 2.45) is 5.92 Å². The van der Waals surface area contributed by atoms with E-state index >= 15 is 0 Å². The molecular weight excluding hydrogens is 226 g/mol. The van der Waals surface area contributed by atoms with E-state index in [2.05, 4.69) is 19.2 Å². The smallest absolute Gasteiger partial charge is 0.267 e. The lowest BCUT2D eigenvalue weighted by Gasteiger charge is -2.08. The lowest BCUT2D eigenvalue weighted by molar-refractivity contribution is 0.0943. The maximum atomic E-state index is 11.9. The Balaban J connectivity index is 2.36. The van der Waals surface area contributed by atoms with Gasteiger partial charge in [-0.25, -0.2) is 0 Å². The SMILES string of the molecule is CCn1cc(N)cc1C(=O)NCCCCC(C)C. The molecule has 0 spiro atoms. The van der Waals surface area contributed by atoms with E-state index in [1.807, 2.05) is 11.5 Å². The Bertz CT molecular complexity index is 382. The van der Waals surface area contributed by atoms with Crippen molar-refractivity contribution in [1.29, 1.82) is 0 Å². The van der Waals surface area contributed by atoms with Gasteiger partial charge < -0.3 is 15.6 Å². The van der Waals surface area contributed by atoms with Crippen LogP contribution >= 0.6 is 0 Å². The van der Waals surface area contributed by atoms with E-state index in [4.69, 9.17) is 5.73 Å². The number of anilines is 1. The van der Waals surface area contributed by atoms with Crippen LogP contribution in [0.3, 0.4) is 0 Å². The van der Waals surface area contributed by atoms with E-state index in [-0.39, 0.29) is 5.91 Å². The number of amides is 1. The largest absolute Gasteiger partial charge is 0.397 e. The number of hydrogen-bond acceptors (Lipinski definition) is 2. The first-order chi connectivity index (χ1) is 8.54. The number of nitrogens with two attached hydrogens (primary N) is 1. The van der Waals surface area contributed by atoms with Crippen LogP contribution in [0, 0.1) is 5.92 Å². The second-order valence-corrected chi connectivity index (χ2v) is 5.09. The number of rotatable bonds is 7. The van der Waals surface area contributed by atoms with E-state index in [0.717, 1.165) is 31.8 Å². The molecule has 0 bridgehead atoms. The number of nitrogens with one attached hydrogen (secondary N) is 1. The van der Waals surface area contributed by atoms with E-state index in [1.54, 1.807) is 12.3 Å². The average Bonchev–Trinajstić information content (AvgIpc) is 2.69. The van der Waals surface area contributed by atoms with Crippen LogP contribution in [0.4, 0.5) is 5.69 Å². The van der Waals surface area contributed by atoms with Gasteiger partial charge in [-0.1, -0.05) is 26.7 Å². The first-order valence-electron chi connectivity index (χ1n) is 6.78. The molecule has 102 valence electrons. The molecule has 1 aromatic heterocycles. The van der Waals surface area contributed by atoms with Crippen molar-refractivity contribution < 1.29 is 4.79 Å². The van der Waals surface area contributed by atoms with E-state index in [9.17, 15) is 4.79 Å². The van der Waals surface area contributed by atoms with Crippen molar-refractivity contribution in [3.05, 3.63) is 18.0 Å². The van der Waals surface area contributed by atoms with Gasteiger partial charge in [-0.3, -0.25) is 4.79 Å². The summed E-state index contributed by atoms with van der Waals surface area (Å²) >= 11 is 0. The van der Waals surface area contributed by atoms with Gasteiger partial charge in [0.25, 0.3) is 5.91 Å². The topological polar surface area (TPSA) is 60.0 Å². The number of hydrogen-bond donors (Lipinski definition) is 2. The lowest BCUT2D eigenvalue weighted by atomic mass is 10.1. The third kappa shape index (κ3) is 4.43. The summed E-state index contributed by atoms with van der Waals surface area (Å²) in [6, 6.07) is 1.73. The number of aromatic nitrogens is 1. The monoisotopic (exact) mass is 251 g/mol. The Hall–Kier alpha value is -1.45. The first kappa shape index (κ1) is 14.6. The maximum Gasteiger partial charge on any atom is 0.267 e. The second kappa shape index (κ2) is 7.09. The average molecular weight is 251 g/mol. The number of nitrogen functional groups attached to an aromatic ring is 1. The van der Waals surface area contributed by atoms with Crippen molar-refractivity contribution in [3.8, 4) is 0 Å². The molecule has 1 heterocycles. The van der Waals surface area contributed by atoms with Gasteiger partial charge in [-0.2, -0.15) is 0 Å². The highest BCUT2D eigenvalue weighted by Crippen LogP contribution is 2.10. The summed E-state index contributed by atoms with van der Waals surface area (Å²) in [5.74, 6) is 0.705. The molecule has 1 amide bonds. The van der Waals surface area contributed by atoms with Crippen LogP contribution < -0.4 is 11.1 Å². The summed E-state index contributed by atoms with van der Waals surface area (Å²) < 4.78 is 1.87. The van der Waals surface area contributed by atoms with Gasteiger partial charge in [0.15, 0.2) is 0 Å². The predicted octanol–water partition coefficient (Wildman–Crippen LogP) is 2.65. The molecule has 0 atom stereocenters. The fourth-order valence-corrected chi connectivity index (χ4v) is 1.96. The van der Waals surface area contributed by atoms with Crippen LogP contribution in [-0.2, 0) is 6.54 Å². The van der Waals surface area contributed by atoms with Crippen molar-refractivity contribution >= 4 is 11.6 Å². The quantitative estimate of drug-likeness (QED) is 0.732. The van der Waals surface area contributed by atoms with Gasteiger partial charge in [0, 0.05) is 19.3 Å². The lowest BCUT2D eigenvalue weighted by Crippen LogP contribution is -2.26. The minimum atomic E-state index is -0.0295. The van der Waals surface area contributed by atoms with Crippen molar-refractivity contribution in [2.45, 2.75) is 46.6 Å².